The Bertz CT molecular complexity index is 1350. The first-order valence-electron chi connectivity index (χ1n) is 10.1. The average Bonchev–Trinajstić information content (AvgIpc) is 3.11. The van der Waals surface area contributed by atoms with Gasteiger partial charge in [0.05, 0.1) is 18.4 Å². The third-order valence-corrected chi connectivity index (χ3v) is 5.23. The summed E-state index contributed by atoms with van der Waals surface area (Å²) in [6.45, 7) is 3.54. The smallest absolute Gasteiger partial charge is 0.434 e. The Morgan fingerprint density at radius 1 is 1.12 bits per heavy atom. The number of hydrogen-bond acceptors (Lipinski definition) is 4. The fourth-order valence-electron chi connectivity index (χ4n) is 3.73. The number of fused-ring (bicyclic) bond motifs is 1. The molecule has 0 fully saturated rings. The van der Waals surface area contributed by atoms with Crippen molar-refractivity contribution in [1.29, 1.82) is 0 Å². The fourth-order valence-corrected chi connectivity index (χ4v) is 3.73. The van der Waals surface area contributed by atoms with E-state index in [1.807, 2.05) is 25.1 Å². The first kappa shape index (κ1) is 22.3. The number of hydrogen-bond donors (Lipinski definition) is 1. The molecule has 4 rings (SSSR count). The van der Waals surface area contributed by atoms with E-state index in [1.165, 1.54) is 7.11 Å². The molecule has 6 nitrogen and oxygen atoms in total. The van der Waals surface area contributed by atoms with E-state index in [0.717, 1.165) is 11.8 Å². The van der Waals surface area contributed by atoms with Gasteiger partial charge in [-0.15, -0.1) is 0 Å². The Morgan fingerprint density at radius 3 is 2.58 bits per heavy atom. The van der Waals surface area contributed by atoms with E-state index in [2.05, 4.69) is 15.4 Å². The van der Waals surface area contributed by atoms with E-state index in [9.17, 15) is 18.0 Å². The highest BCUT2D eigenvalue weighted by Crippen LogP contribution is 2.35. The number of aryl methyl sites for hydroxylation is 2. The SMILES string of the molecule is COc1cccc(CNC(=O)c2cnc3c(-c4cccc(C)c4)c(C)nn3c2C(F)(F)F)c1. The minimum absolute atomic E-state index is 0.0258. The summed E-state index contributed by atoms with van der Waals surface area (Å²) in [7, 11) is 1.51. The molecular weight excluding hydrogens is 433 g/mol. The fraction of sp³-hybridized carbons (Fsp3) is 0.208. The molecule has 2 aromatic heterocycles. The number of nitrogens with one attached hydrogen (secondary N) is 1. The molecule has 9 heteroatoms. The van der Waals surface area contributed by atoms with Gasteiger partial charge in [0.1, 0.15) is 5.75 Å². The predicted molar refractivity (Wildman–Crippen MR) is 117 cm³/mol. The number of alkyl halides is 3. The van der Waals surface area contributed by atoms with Crippen molar-refractivity contribution in [2.24, 2.45) is 0 Å². The predicted octanol–water partition coefficient (Wildman–Crippen LogP) is 4.97. The summed E-state index contributed by atoms with van der Waals surface area (Å²) in [4.78, 5) is 17.0. The first-order valence-corrected chi connectivity index (χ1v) is 10.1. The summed E-state index contributed by atoms with van der Waals surface area (Å²) in [5, 5.41) is 6.64. The molecule has 2 aromatic carbocycles. The summed E-state index contributed by atoms with van der Waals surface area (Å²) in [5.41, 5.74) is 1.49. The minimum atomic E-state index is -4.83. The molecule has 2 heterocycles. The van der Waals surface area contributed by atoms with Gasteiger partial charge in [-0.2, -0.15) is 18.3 Å². The Hall–Kier alpha value is -3.88. The molecule has 0 radical (unpaired) electrons. The van der Waals surface area contributed by atoms with Crippen LogP contribution in [0.15, 0.2) is 54.7 Å². The van der Waals surface area contributed by atoms with Crippen LogP contribution in [0.25, 0.3) is 16.8 Å². The van der Waals surface area contributed by atoms with Crippen LogP contribution in [0.5, 0.6) is 5.75 Å². The van der Waals surface area contributed by atoms with Gasteiger partial charge in [0, 0.05) is 18.3 Å². The quantitative estimate of drug-likeness (QED) is 0.462. The van der Waals surface area contributed by atoms with Gasteiger partial charge < -0.3 is 10.1 Å². The highest BCUT2D eigenvalue weighted by atomic mass is 19.4. The second-order valence-electron chi connectivity index (χ2n) is 7.62. The van der Waals surface area contributed by atoms with Crippen molar-refractivity contribution in [3.8, 4) is 16.9 Å². The number of benzene rings is 2. The molecule has 1 N–H and O–H groups in total. The molecule has 0 aliphatic carbocycles. The molecule has 4 aromatic rings. The van der Waals surface area contributed by atoms with Gasteiger partial charge in [-0.25, -0.2) is 9.50 Å². The monoisotopic (exact) mass is 454 g/mol. The van der Waals surface area contributed by atoms with Crippen molar-refractivity contribution < 1.29 is 22.7 Å². The number of amides is 1. The Morgan fingerprint density at radius 2 is 1.88 bits per heavy atom. The molecule has 0 saturated carbocycles. The lowest BCUT2D eigenvalue weighted by molar-refractivity contribution is -0.143. The lowest BCUT2D eigenvalue weighted by Gasteiger charge is -2.14. The van der Waals surface area contributed by atoms with E-state index in [0.29, 0.717) is 32.6 Å². The first-order chi connectivity index (χ1) is 15.7. The van der Waals surface area contributed by atoms with Crippen LogP contribution < -0.4 is 10.1 Å². The van der Waals surface area contributed by atoms with Crippen molar-refractivity contribution in [2.45, 2.75) is 26.6 Å². The topological polar surface area (TPSA) is 68.5 Å². The maximum Gasteiger partial charge on any atom is 0.434 e. The molecule has 0 atom stereocenters. The van der Waals surface area contributed by atoms with Gasteiger partial charge in [0.2, 0.25) is 0 Å². The molecule has 0 aliphatic heterocycles. The van der Waals surface area contributed by atoms with E-state index in [-0.39, 0.29) is 12.2 Å². The number of aromatic nitrogens is 3. The Labute approximate surface area is 188 Å². The van der Waals surface area contributed by atoms with E-state index in [1.54, 1.807) is 37.3 Å². The lowest BCUT2D eigenvalue weighted by atomic mass is 10.0. The third kappa shape index (κ3) is 4.39. The second-order valence-corrected chi connectivity index (χ2v) is 7.62. The largest absolute Gasteiger partial charge is 0.497 e. The zero-order chi connectivity index (χ0) is 23.8. The van der Waals surface area contributed by atoms with Gasteiger partial charge in [0.15, 0.2) is 11.3 Å². The number of nitrogens with zero attached hydrogens (tertiary/aromatic N) is 3. The highest BCUT2D eigenvalue weighted by Gasteiger charge is 2.40. The third-order valence-electron chi connectivity index (χ3n) is 5.23. The summed E-state index contributed by atoms with van der Waals surface area (Å²) >= 11 is 0. The normalized spacial score (nSPS) is 11.6. The molecule has 0 aliphatic rings. The van der Waals surface area contributed by atoms with E-state index < -0.39 is 23.3 Å². The molecule has 0 spiro atoms. The van der Waals surface area contributed by atoms with Gasteiger partial charge in [-0.1, -0.05) is 42.0 Å². The van der Waals surface area contributed by atoms with Crippen LogP contribution in [0, 0.1) is 13.8 Å². The van der Waals surface area contributed by atoms with Crippen molar-refractivity contribution in [3.05, 3.63) is 82.8 Å². The number of carbonyl (C=O) groups is 1. The number of methoxy groups -OCH3 is 1. The van der Waals surface area contributed by atoms with Crippen molar-refractivity contribution in [1.82, 2.24) is 19.9 Å². The van der Waals surface area contributed by atoms with Crippen molar-refractivity contribution >= 4 is 11.6 Å². The van der Waals surface area contributed by atoms with Crippen LogP contribution in [0.1, 0.15) is 32.9 Å². The van der Waals surface area contributed by atoms with Crippen LogP contribution in [0.4, 0.5) is 13.2 Å². The molecule has 0 unspecified atom stereocenters. The molecular formula is C24H21F3N4O2. The van der Waals surface area contributed by atoms with Crippen molar-refractivity contribution in [3.63, 3.8) is 0 Å². The Balaban J connectivity index is 1.76. The summed E-state index contributed by atoms with van der Waals surface area (Å²) in [6, 6.07) is 14.2. The second kappa shape index (κ2) is 8.57. The standard InChI is InChI=1S/C24H21F3N4O2/c1-14-6-4-8-17(10-14)20-15(2)30-31-21(24(25,26)27)19(13-28-22(20)31)23(32)29-12-16-7-5-9-18(11-16)33-3/h4-11,13H,12H2,1-3H3,(H,29,32). The van der Waals surface area contributed by atoms with Gasteiger partial charge >= 0.3 is 6.18 Å². The Kier molecular flexibility index (Phi) is 5.80. The number of carbonyl (C=O) groups excluding carboxylic acids is 1. The number of ether oxygens (including phenoxy) is 1. The minimum Gasteiger partial charge on any atom is -0.497 e. The maximum absolute atomic E-state index is 14.1. The summed E-state index contributed by atoms with van der Waals surface area (Å²) in [6.07, 6.45) is -3.87. The molecule has 0 saturated heterocycles. The van der Waals surface area contributed by atoms with E-state index in [4.69, 9.17) is 4.74 Å². The summed E-state index contributed by atoms with van der Waals surface area (Å²) < 4.78 is 48.2. The van der Waals surface area contributed by atoms with Crippen LogP contribution in [0.2, 0.25) is 0 Å². The van der Waals surface area contributed by atoms with Crippen LogP contribution in [-0.2, 0) is 12.7 Å². The zero-order valence-electron chi connectivity index (χ0n) is 18.2. The van der Waals surface area contributed by atoms with Crippen LogP contribution in [0.3, 0.4) is 0 Å². The number of rotatable bonds is 5. The van der Waals surface area contributed by atoms with Gasteiger partial charge in [-0.05, 0) is 37.1 Å². The maximum atomic E-state index is 14.1. The molecule has 0 bridgehead atoms. The lowest BCUT2D eigenvalue weighted by Crippen LogP contribution is -2.28. The van der Waals surface area contributed by atoms with Gasteiger partial charge in [-0.3, -0.25) is 4.79 Å². The average molecular weight is 454 g/mol. The van der Waals surface area contributed by atoms with Crippen LogP contribution in [-0.4, -0.2) is 27.6 Å². The molecule has 1 amide bonds. The molecule has 33 heavy (non-hydrogen) atoms. The van der Waals surface area contributed by atoms with E-state index >= 15 is 0 Å². The van der Waals surface area contributed by atoms with Crippen LogP contribution >= 0.6 is 0 Å². The van der Waals surface area contributed by atoms with Crippen molar-refractivity contribution in [2.75, 3.05) is 7.11 Å². The summed E-state index contributed by atoms with van der Waals surface area (Å²) in [5.74, 6) is -0.318. The number of halogens is 3. The van der Waals surface area contributed by atoms with Gasteiger partial charge in [0.25, 0.3) is 5.91 Å². The molecule has 170 valence electrons. The zero-order valence-corrected chi connectivity index (χ0v) is 18.2. The highest BCUT2D eigenvalue weighted by molar-refractivity contribution is 5.96.